The van der Waals surface area contributed by atoms with Crippen LogP contribution in [0.15, 0.2) is 60.7 Å². The van der Waals surface area contributed by atoms with Gasteiger partial charge < -0.3 is 20.3 Å². The van der Waals surface area contributed by atoms with Crippen molar-refractivity contribution in [2.75, 3.05) is 32.8 Å². The highest BCUT2D eigenvalue weighted by molar-refractivity contribution is 5.75. The number of likely N-dealkylation sites (tertiary alicyclic amines) is 1. The minimum Gasteiger partial charge on any atom is -0.450 e. The molecule has 1 atom stereocenters. The molecule has 0 bridgehead atoms. The Kier molecular flexibility index (Phi) is 22.9. The number of hydrogen-bond acceptors (Lipinski definition) is 4. The minimum absolute atomic E-state index is 0.0894. The summed E-state index contributed by atoms with van der Waals surface area (Å²) in [6.45, 7) is 7.56. The molecular formula is C44H72N4O3. The molecule has 1 saturated heterocycles. The van der Waals surface area contributed by atoms with Crippen molar-refractivity contribution >= 4 is 12.1 Å². The van der Waals surface area contributed by atoms with Gasteiger partial charge in [0.1, 0.15) is 0 Å². The molecule has 2 N–H and O–H groups in total. The molecule has 2 aromatic carbocycles. The van der Waals surface area contributed by atoms with E-state index in [0.717, 1.165) is 71.4 Å². The first-order valence-corrected chi connectivity index (χ1v) is 20.8. The molecule has 0 aromatic heterocycles. The van der Waals surface area contributed by atoms with E-state index in [-0.39, 0.29) is 18.7 Å². The SMILES string of the molecule is CCCCCCCCCCCCCCCCCCN(CCCN(Cc1ccccc1)Cc1ccccc1)C(=O)N1CCCCC1CCOC(N)=O. The molecule has 0 aliphatic carbocycles. The molecule has 7 heteroatoms. The average Bonchev–Trinajstić information content (AvgIpc) is 3.14. The number of nitrogens with zero attached hydrogens (tertiary/aromatic N) is 3. The normalized spacial score (nSPS) is 14.5. The number of unbranched alkanes of at least 4 members (excludes halogenated alkanes) is 15. The molecule has 1 heterocycles. The summed E-state index contributed by atoms with van der Waals surface area (Å²) in [4.78, 5) is 32.1. The van der Waals surface area contributed by atoms with Crippen LogP contribution in [0.1, 0.15) is 153 Å². The molecule has 1 aliphatic heterocycles. The van der Waals surface area contributed by atoms with Crippen molar-refractivity contribution in [1.29, 1.82) is 0 Å². The van der Waals surface area contributed by atoms with E-state index < -0.39 is 6.09 Å². The smallest absolute Gasteiger partial charge is 0.404 e. The fourth-order valence-corrected chi connectivity index (χ4v) is 7.57. The summed E-state index contributed by atoms with van der Waals surface area (Å²) in [6, 6.07) is 21.6. The zero-order valence-electron chi connectivity index (χ0n) is 32.3. The second kappa shape index (κ2) is 27.6. The summed E-state index contributed by atoms with van der Waals surface area (Å²) in [5.74, 6) is 0. The van der Waals surface area contributed by atoms with Gasteiger partial charge in [0.05, 0.1) is 6.61 Å². The predicted molar refractivity (Wildman–Crippen MR) is 213 cm³/mol. The van der Waals surface area contributed by atoms with Crippen LogP contribution in [0.2, 0.25) is 0 Å². The first-order valence-electron chi connectivity index (χ1n) is 20.8. The third kappa shape index (κ3) is 19.4. The second-order valence-corrected chi connectivity index (χ2v) is 14.9. The minimum atomic E-state index is -0.746. The molecule has 7 nitrogen and oxygen atoms in total. The van der Waals surface area contributed by atoms with Crippen LogP contribution < -0.4 is 5.73 Å². The van der Waals surface area contributed by atoms with E-state index in [1.807, 2.05) is 0 Å². The Morgan fingerprint density at radius 1 is 0.667 bits per heavy atom. The number of urea groups is 1. The molecule has 0 radical (unpaired) electrons. The van der Waals surface area contributed by atoms with Crippen molar-refractivity contribution < 1.29 is 14.3 Å². The lowest BCUT2D eigenvalue weighted by Gasteiger charge is -2.39. The van der Waals surface area contributed by atoms with Gasteiger partial charge in [-0.15, -0.1) is 0 Å². The van der Waals surface area contributed by atoms with E-state index in [1.165, 1.54) is 107 Å². The molecule has 0 saturated carbocycles. The van der Waals surface area contributed by atoms with Gasteiger partial charge in [-0.1, -0.05) is 164 Å². The average molecular weight is 705 g/mol. The third-order valence-electron chi connectivity index (χ3n) is 10.5. The summed E-state index contributed by atoms with van der Waals surface area (Å²) in [5, 5.41) is 0. The van der Waals surface area contributed by atoms with Crippen LogP contribution in [0, 0.1) is 0 Å². The van der Waals surface area contributed by atoms with Crippen molar-refractivity contribution in [2.24, 2.45) is 5.73 Å². The summed E-state index contributed by atoms with van der Waals surface area (Å²) in [7, 11) is 0. The van der Waals surface area contributed by atoms with Crippen molar-refractivity contribution in [3.63, 3.8) is 0 Å². The van der Waals surface area contributed by atoms with Crippen LogP contribution in [0.25, 0.3) is 0 Å². The maximum atomic E-state index is 14.2. The Hall–Kier alpha value is -3.06. The number of amides is 3. The molecule has 3 amide bonds. The molecule has 2 aromatic rings. The number of primary amides is 1. The molecule has 51 heavy (non-hydrogen) atoms. The van der Waals surface area contributed by atoms with E-state index in [1.54, 1.807) is 0 Å². The predicted octanol–water partition coefficient (Wildman–Crippen LogP) is 11.1. The van der Waals surface area contributed by atoms with Crippen molar-refractivity contribution in [3.05, 3.63) is 71.8 Å². The third-order valence-corrected chi connectivity index (χ3v) is 10.5. The summed E-state index contributed by atoms with van der Waals surface area (Å²) >= 11 is 0. The Morgan fingerprint density at radius 3 is 1.67 bits per heavy atom. The van der Waals surface area contributed by atoms with E-state index in [0.29, 0.717) is 6.42 Å². The van der Waals surface area contributed by atoms with Gasteiger partial charge in [-0.2, -0.15) is 0 Å². The van der Waals surface area contributed by atoms with Crippen molar-refractivity contribution in [3.8, 4) is 0 Å². The largest absolute Gasteiger partial charge is 0.450 e. The molecule has 1 fully saturated rings. The van der Waals surface area contributed by atoms with Gasteiger partial charge in [0.2, 0.25) is 0 Å². The summed E-state index contributed by atoms with van der Waals surface area (Å²) < 4.78 is 5.07. The fraction of sp³-hybridized carbons (Fsp3) is 0.682. The van der Waals surface area contributed by atoms with E-state index in [2.05, 4.69) is 82.3 Å². The number of carbonyl (C=O) groups is 2. The zero-order chi connectivity index (χ0) is 36.2. The van der Waals surface area contributed by atoms with Crippen molar-refractivity contribution in [2.45, 2.75) is 161 Å². The van der Waals surface area contributed by atoms with Gasteiger partial charge >= 0.3 is 12.1 Å². The number of nitrogens with two attached hydrogens (primary N) is 1. The maximum Gasteiger partial charge on any atom is 0.404 e. The fourth-order valence-electron chi connectivity index (χ4n) is 7.57. The Labute approximate surface area is 311 Å². The van der Waals surface area contributed by atoms with E-state index in [9.17, 15) is 9.59 Å². The summed E-state index contributed by atoms with van der Waals surface area (Å²) in [5.41, 5.74) is 7.84. The highest BCUT2D eigenvalue weighted by atomic mass is 16.5. The van der Waals surface area contributed by atoms with Gasteiger partial charge in [0.25, 0.3) is 0 Å². The van der Waals surface area contributed by atoms with Crippen LogP contribution in [0.5, 0.6) is 0 Å². The zero-order valence-corrected chi connectivity index (χ0v) is 32.3. The van der Waals surface area contributed by atoms with Crippen LogP contribution in [-0.2, 0) is 17.8 Å². The molecular weight excluding hydrogens is 633 g/mol. The standard InChI is InChI=1S/C44H72N4O3/c1-2-3-4-5-6-7-8-9-10-11-12-13-14-15-16-24-34-47(44(50)48-36-25-23-31-42(48)32-37-51-43(45)49)35-26-33-46(38-40-27-19-17-20-28-40)39-41-29-21-18-22-30-41/h17-22,27-30,42H,2-16,23-26,31-39H2,1H3,(H2,45,49). The van der Waals surface area contributed by atoms with Gasteiger partial charge in [-0.25, -0.2) is 9.59 Å². The molecule has 1 aliphatic rings. The molecule has 0 spiro atoms. The molecule has 3 rings (SSSR count). The van der Waals surface area contributed by atoms with Crippen LogP contribution in [-0.4, -0.2) is 65.7 Å². The number of ether oxygens (including phenoxy) is 1. The van der Waals surface area contributed by atoms with Gasteiger partial charge in [0, 0.05) is 51.7 Å². The quantitative estimate of drug-likeness (QED) is 0.0894. The number of piperidine rings is 1. The Balaban J connectivity index is 1.46. The number of carbonyl (C=O) groups excluding carboxylic acids is 2. The van der Waals surface area contributed by atoms with Crippen LogP contribution >= 0.6 is 0 Å². The molecule has 1 unspecified atom stereocenters. The molecule has 286 valence electrons. The first-order chi connectivity index (χ1) is 25.1. The Morgan fingerprint density at radius 2 is 1.16 bits per heavy atom. The highest BCUT2D eigenvalue weighted by Crippen LogP contribution is 2.23. The lowest BCUT2D eigenvalue weighted by atomic mass is 10.00. The van der Waals surface area contributed by atoms with Crippen LogP contribution in [0.4, 0.5) is 9.59 Å². The number of hydrogen-bond donors (Lipinski definition) is 1. The van der Waals surface area contributed by atoms with Gasteiger partial charge in [-0.3, -0.25) is 4.90 Å². The number of rotatable bonds is 28. The number of benzene rings is 2. The first kappa shape index (κ1) is 42.4. The van der Waals surface area contributed by atoms with E-state index in [4.69, 9.17) is 10.5 Å². The van der Waals surface area contributed by atoms with Crippen molar-refractivity contribution in [1.82, 2.24) is 14.7 Å². The monoisotopic (exact) mass is 705 g/mol. The van der Waals surface area contributed by atoms with Crippen LogP contribution in [0.3, 0.4) is 0 Å². The van der Waals surface area contributed by atoms with E-state index >= 15 is 0 Å². The highest BCUT2D eigenvalue weighted by Gasteiger charge is 2.30. The van der Waals surface area contributed by atoms with Gasteiger partial charge in [-0.05, 0) is 43.2 Å². The Bertz CT molecular complexity index is 1110. The topological polar surface area (TPSA) is 79.1 Å². The lowest BCUT2D eigenvalue weighted by Crippen LogP contribution is -2.51. The maximum absolute atomic E-state index is 14.2. The lowest BCUT2D eigenvalue weighted by molar-refractivity contribution is 0.0941. The second-order valence-electron chi connectivity index (χ2n) is 14.9. The summed E-state index contributed by atoms with van der Waals surface area (Å²) in [6.07, 6.45) is 25.4. The van der Waals surface area contributed by atoms with Gasteiger partial charge in [0.15, 0.2) is 0 Å².